The summed E-state index contributed by atoms with van der Waals surface area (Å²) in [5.74, 6) is -1.24. The smallest absolute Gasteiger partial charge is 0.390 e. The number of piperazine rings is 1. The molecule has 0 aliphatic carbocycles. The molecule has 2 aromatic rings. The number of carbonyl (C=O) groups is 1. The van der Waals surface area contributed by atoms with Crippen LogP contribution in [-0.2, 0) is 6.54 Å². The maximum absolute atomic E-state index is 14.9. The van der Waals surface area contributed by atoms with E-state index in [0.717, 1.165) is 24.9 Å². The van der Waals surface area contributed by atoms with E-state index in [1.807, 2.05) is 4.90 Å². The molecule has 202 valence electrons. The van der Waals surface area contributed by atoms with Gasteiger partial charge in [-0.1, -0.05) is 17.7 Å². The number of nitrogens with zero attached hydrogens (tertiary/aromatic N) is 3. The summed E-state index contributed by atoms with van der Waals surface area (Å²) in [6.45, 7) is 3.18. The molecular formula is C26H31ClF4N4O2. The number of amides is 1. The van der Waals surface area contributed by atoms with Crippen molar-refractivity contribution in [2.75, 3.05) is 56.1 Å². The van der Waals surface area contributed by atoms with Gasteiger partial charge in [-0.2, -0.15) is 13.2 Å². The van der Waals surface area contributed by atoms with E-state index >= 15 is 0 Å². The zero-order valence-electron chi connectivity index (χ0n) is 20.4. The number of benzene rings is 2. The molecule has 11 heteroatoms. The van der Waals surface area contributed by atoms with E-state index in [-0.39, 0.29) is 24.8 Å². The van der Waals surface area contributed by atoms with E-state index in [2.05, 4.69) is 10.2 Å². The lowest BCUT2D eigenvalue weighted by Gasteiger charge is -2.37. The number of alkyl halides is 3. The fraction of sp³-hybridized carbons (Fsp3) is 0.500. The molecule has 1 unspecified atom stereocenters. The second-order valence-corrected chi connectivity index (χ2v) is 10.0. The Hall–Kier alpha value is -2.40. The van der Waals surface area contributed by atoms with Crippen LogP contribution in [0, 0.1) is 5.82 Å². The Bertz CT molecular complexity index is 1090. The molecular weight excluding hydrogens is 512 g/mol. The minimum Gasteiger partial charge on any atom is -0.395 e. The Kier molecular flexibility index (Phi) is 8.94. The predicted molar refractivity (Wildman–Crippen MR) is 136 cm³/mol. The highest BCUT2D eigenvalue weighted by Crippen LogP contribution is 2.31. The van der Waals surface area contributed by atoms with Crippen LogP contribution in [0.1, 0.15) is 35.2 Å². The lowest BCUT2D eigenvalue weighted by atomic mass is 10.1. The summed E-state index contributed by atoms with van der Waals surface area (Å²) >= 11 is 6.20. The highest BCUT2D eigenvalue weighted by Gasteiger charge is 2.29. The van der Waals surface area contributed by atoms with Gasteiger partial charge in [0.25, 0.3) is 5.91 Å². The lowest BCUT2D eigenvalue weighted by molar-refractivity contribution is -0.138. The van der Waals surface area contributed by atoms with Crippen molar-refractivity contribution >= 4 is 28.9 Å². The quantitative estimate of drug-likeness (QED) is 0.471. The average Bonchev–Trinajstić information content (AvgIpc) is 3.31. The maximum atomic E-state index is 14.9. The van der Waals surface area contributed by atoms with Gasteiger partial charge in [-0.3, -0.25) is 14.6 Å². The number of nitrogens with one attached hydrogen (secondary N) is 1. The van der Waals surface area contributed by atoms with Gasteiger partial charge in [0, 0.05) is 50.3 Å². The van der Waals surface area contributed by atoms with Crippen molar-refractivity contribution in [3.63, 3.8) is 0 Å². The van der Waals surface area contributed by atoms with Crippen molar-refractivity contribution < 1.29 is 27.5 Å². The second-order valence-electron chi connectivity index (χ2n) is 9.57. The number of halogens is 5. The Morgan fingerprint density at radius 2 is 1.84 bits per heavy atom. The van der Waals surface area contributed by atoms with Gasteiger partial charge in [-0.15, -0.1) is 0 Å². The number of aliphatic hydroxyl groups excluding tert-OH is 1. The van der Waals surface area contributed by atoms with Crippen molar-refractivity contribution in [3.05, 3.63) is 58.4 Å². The summed E-state index contributed by atoms with van der Waals surface area (Å²) < 4.78 is 52.6. The first kappa shape index (κ1) is 27.6. The largest absolute Gasteiger partial charge is 0.395 e. The van der Waals surface area contributed by atoms with Crippen LogP contribution in [0.4, 0.5) is 28.9 Å². The van der Waals surface area contributed by atoms with Gasteiger partial charge in [0.05, 0.1) is 30.0 Å². The van der Waals surface area contributed by atoms with E-state index in [0.29, 0.717) is 49.1 Å². The molecule has 2 saturated heterocycles. The summed E-state index contributed by atoms with van der Waals surface area (Å²) in [4.78, 5) is 18.8. The van der Waals surface area contributed by atoms with Crippen LogP contribution in [0.3, 0.4) is 0 Å². The molecule has 6 nitrogen and oxygen atoms in total. The topological polar surface area (TPSA) is 59.1 Å². The van der Waals surface area contributed by atoms with Crippen molar-refractivity contribution in [3.8, 4) is 0 Å². The van der Waals surface area contributed by atoms with Crippen LogP contribution in [-0.4, -0.2) is 78.9 Å². The molecule has 2 aliphatic rings. The van der Waals surface area contributed by atoms with Gasteiger partial charge >= 0.3 is 6.18 Å². The third-order valence-corrected chi connectivity index (χ3v) is 7.24. The maximum Gasteiger partial charge on any atom is 0.390 e. The summed E-state index contributed by atoms with van der Waals surface area (Å²) in [5.41, 5.74) is 1.72. The fourth-order valence-corrected chi connectivity index (χ4v) is 5.11. The molecule has 4 rings (SSSR count). The first-order chi connectivity index (χ1) is 17.6. The first-order valence-electron chi connectivity index (χ1n) is 12.4. The van der Waals surface area contributed by atoms with Crippen LogP contribution >= 0.6 is 11.6 Å². The molecule has 1 atom stereocenters. The number of aliphatic hydroxyl groups is 1. The molecule has 0 aromatic heterocycles. The van der Waals surface area contributed by atoms with Crippen LogP contribution in [0.5, 0.6) is 0 Å². The highest BCUT2D eigenvalue weighted by atomic mass is 35.5. The van der Waals surface area contributed by atoms with Gasteiger partial charge in [-0.25, -0.2) is 4.39 Å². The van der Waals surface area contributed by atoms with E-state index in [1.165, 1.54) is 12.1 Å². The molecule has 0 saturated carbocycles. The molecule has 37 heavy (non-hydrogen) atoms. The van der Waals surface area contributed by atoms with Crippen molar-refractivity contribution in [1.82, 2.24) is 9.80 Å². The standard InChI is InChI=1S/C26H31ClF4N4O2/c27-19-4-6-23(24(15-19)34-12-10-33(11-13-34)9-7-26(29,30)31)32-25(37)21-5-3-18(14-22(21)28)16-35-8-1-2-20(35)17-36/h3-6,14-15,20,36H,1-2,7-13,16-17H2,(H,32,37). The summed E-state index contributed by atoms with van der Waals surface area (Å²) in [6.07, 6.45) is -3.15. The predicted octanol–water partition coefficient (Wildman–Crippen LogP) is 4.76. The van der Waals surface area contributed by atoms with Crippen LogP contribution in [0.2, 0.25) is 5.02 Å². The summed E-state index contributed by atoms with van der Waals surface area (Å²) in [7, 11) is 0. The molecule has 2 aliphatic heterocycles. The van der Waals surface area contributed by atoms with E-state index in [9.17, 15) is 27.5 Å². The fourth-order valence-electron chi connectivity index (χ4n) is 4.94. The Morgan fingerprint density at radius 3 is 2.51 bits per heavy atom. The van der Waals surface area contributed by atoms with Crippen LogP contribution < -0.4 is 10.2 Å². The SMILES string of the molecule is O=C(Nc1ccc(Cl)cc1N1CCN(CCC(F)(F)F)CC1)c1ccc(CN2CCCC2CO)cc1F. The van der Waals surface area contributed by atoms with E-state index in [1.54, 1.807) is 29.2 Å². The molecule has 2 heterocycles. The minimum absolute atomic E-state index is 0.0514. The molecule has 2 fully saturated rings. The third-order valence-electron chi connectivity index (χ3n) is 7.01. The number of carbonyl (C=O) groups excluding carboxylic acids is 1. The Labute approximate surface area is 218 Å². The van der Waals surface area contributed by atoms with Crippen LogP contribution in [0.25, 0.3) is 0 Å². The van der Waals surface area contributed by atoms with Gasteiger partial charge in [-0.05, 0) is 55.3 Å². The van der Waals surface area contributed by atoms with Crippen molar-refractivity contribution in [2.45, 2.75) is 38.0 Å². The monoisotopic (exact) mass is 542 g/mol. The third kappa shape index (κ3) is 7.34. The molecule has 0 spiro atoms. The van der Waals surface area contributed by atoms with Gasteiger partial charge < -0.3 is 15.3 Å². The van der Waals surface area contributed by atoms with E-state index < -0.39 is 24.3 Å². The number of hydrogen-bond donors (Lipinski definition) is 2. The minimum atomic E-state index is -4.19. The normalized spacial score (nSPS) is 19.4. The van der Waals surface area contributed by atoms with Crippen LogP contribution in [0.15, 0.2) is 36.4 Å². The van der Waals surface area contributed by atoms with Gasteiger partial charge in [0.2, 0.25) is 0 Å². The molecule has 2 aromatic carbocycles. The van der Waals surface area contributed by atoms with Crippen molar-refractivity contribution in [2.24, 2.45) is 0 Å². The zero-order chi connectivity index (χ0) is 26.6. The molecule has 0 radical (unpaired) electrons. The lowest BCUT2D eigenvalue weighted by Crippen LogP contribution is -2.47. The number of rotatable bonds is 8. The average molecular weight is 543 g/mol. The zero-order valence-corrected chi connectivity index (χ0v) is 21.2. The Morgan fingerprint density at radius 1 is 1.08 bits per heavy atom. The number of likely N-dealkylation sites (tertiary alicyclic amines) is 1. The van der Waals surface area contributed by atoms with Gasteiger partial charge in [0.15, 0.2) is 0 Å². The second kappa shape index (κ2) is 12.0. The summed E-state index contributed by atoms with van der Waals surface area (Å²) in [5, 5.41) is 12.7. The number of hydrogen-bond acceptors (Lipinski definition) is 5. The molecule has 0 bridgehead atoms. The van der Waals surface area contributed by atoms with Crippen molar-refractivity contribution in [1.29, 1.82) is 0 Å². The molecule has 2 N–H and O–H groups in total. The number of anilines is 2. The van der Waals surface area contributed by atoms with E-state index in [4.69, 9.17) is 11.6 Å². The first-order valence-corrected chi connectivity index (χ1v) is 12.8. The Balaban J connectivity index is 1.41. The summed E-state index contributed by atoms with van der Waals surface area (Å²) in [6, 6.07) is 9.54. The highest BCUT2D eigenvalue weighted by molar-refractivity contribution is 6.31. The molecule has 1 amide bonds. The van der Waals surface area contributed by atoms with Gasteiger partial charge in [0.1, 0.15) is 5.82 Å².